The van der Waals surface area contributed by atoms with Crippen molar-refractivity contribution in [2.45, 2.75) is 19.5 Å². The van der Waals surface area contributed by atoms with Crippen LogP contribution in [0.15, 0.2) is 34.9 Å². The molecule has 1 aliphatic heterocycles. The molecule has 1 aliphatic rings. The lowest BCUT2D eigenvalue weighted by molar-refractivity contribution is 0.111. The minimum absolute atomic E-state index is 0.462. The highest BCUT2D eigenvalue weighted by Gasteiger charge is 2.23. The first-order valence-corrected chi connectivity index (χ1v) is 6.05. The van der Waals surface area contributed by atoms with Gasteiger partial charge in [-0.2, -0.15) is 0 Å². The van der Waals surface area contributed by atoms with Crippen molar-refractivity contribution in [2.75, 3.05) is 6.54 Å². The Morgan fingerprint density at radius 2 is 2.17 bits per heavy atom. The number of aldehydes is 1. The summed E-state index contributed by atoms with van der Waals surface area (Å²) < 4.78 is 5.22. The molecule has 2 aromatic rings. The molecule has 0 fully saturated rings. The maximum atomic E-state index is 10.8. The summed E-state index contributed by atoms with van der Waals surface area (Å²) in [6.45, 7) is 2.56. The molecule has 0 amide bonds. The van der Waals surface area contributed by atoms with Gasteiger partial charge in [0.05, 0.1) is 6.54 Å². The van der Waals surface area contributed by atoms with Gasteiger partial charge in [-0.15, -0.1) is 0 Å². The van der Waals surface area contributed by atoms with E-state index in [0.717, 1.165) is 43.7 Å². The highest BCUT2D eigenvalue weighted by molar-refractivity contribution is 5.74. The van der Waals surface area contributed by atoms with E-state index in [9.17, 15) is 4.79 Å². The van der Waals surface area contributed by atoms with E-state index in [-0.39, 0.29) is 0 Å². The highest BCUT2D eigenvalue weighted by Crippen LogP contribution is 2.22. The quantitative estimate of drug-likeness (QED) is 0.773. The molecule has 1 aromatic carbocycles. The minimum atomic E-state index is 0.462. The van der Waals surface area contributed by atoms with Crippen molar-refractivity contribution in [3.05, 3.63) is 52.9 Å². The van der Waals surface area contributed by atoms with Crippen LogP contribution >= 0.6 is 0 Å². The smallest absolute Gasteiger partial charge is 0.172 e. The molecule has 3 rings (SSSR count). The van der Waals surface area contributed by atoms with Crippen molar-refractivity contribution < 1.29 is 9.32 Å². The van der Waals surface area contributed by atoms with Crippen molar-refractivity contribution in [1.82, 2.24) is 10.1 Å². The summed E-state index contributed by atoms with van der Waals surface area (Å²) in [5.74, 6) is 0.833. The van der Waals surface area contributed by atoms with Gasteiger partial charge in [-0.3, -0.25) is 9.69 Å². The van der Waals surface area contributed by atoms with Gasteiger partial charge in [-0.25, -0.2) is 0 Å². The number of rotatable bonds is 3. The molecule has 0 unspecified atom stereocenters. The molecule has 4 nitrogen and oxygen atoms in total. The second kappa shape index (κ2) is 4.74. The lowest BCUT2D eigenvalue weighted by Gasteiger charge is -2.25. The average molecular weight is 242 g/mol. The van der Waals surface area contributed by atoms with Gasteiger partial charge in [0.1, 0.15) is 5.69 Å². The van der Waals surface area contributed by atoms with Gasteiger partial charge < -0.3 is 4.52 Å². The van der Waals surface area contributed by atoms with Crippen LogP contribution in [0.4, 0.5) is 0 Å². The Labute approximate surface area is 105 Å². The van der Waals surface area contributed by atoms with Crippen LogP contribution in [0.25, 0.3) is 0 Å². The lowest BCUT2D eigenvalue weighted by Crippen LogP contribution is -2.29. The fourth-order valence-corrected chi connectivity index (χ4v) is 2.37. The summed E-state index contributed by atoms with van der Waals surface area (Å²) in [6.07, 6.45) is 1.61. The van der Waals surface area contributed by atoms with Gasteiger partial charge >= 0.3 is 0 Å². The predicted molar refractivity (Wildman–Crippen MR) is 66.2 cm³/mol. The monoisotopic (exact) mass is 242 g/mol. The van der Waals surface area contributed by atoms with E-state index >= 15 is 0 Å². The number of nitrogens with zero attached hydrogens (tertiary/aromatic N) is 2. The highest BCUT2D eigenvalue weighted by atomic mass is 16.5. The lowest BCUT2D eigenvalue weighted by atomic mass is 10.0. The third-order valence-electron chi connectivity index (χ3n) is 3.31. The summed E-state index contributed by atoms with van der Waals surface area (Å²) in [6, 6.07) is 10.3. The van der Waals surface area contributed by atoms with Crippen molar-refractivity contribution in [1.29, 1.82) is 0 Å². The molecule has 0 N–H and O–H groups in total. The second-order valence-corrected chi connectivity index (χ2v) is 4.53. The number of hydrogen-bond acceptors (Lipinski definition) is 4. The van der Waals surface area contributed by atoms with Crippen molar-refractivity contribution in [2.24, 2.45) is 0 Å². The third kappa shape index (κ3) is 2.07. The fraction of sp³-hybridized carbons (Fsp3) is 0.286. The summed E-state index contributed by atoms with van der Waals surface area (Å²) in [5, 5.41) is 3.79. The summed E-state index contributed by atoms with van der Waals surface area (Å²) in [5.41, 5.74) is 2.73. The van der Waals surface area contributed by atoms with E-state index in [0.29, 0.717) is 5.69 Å². The van der Waals surface area contributed by atoms with Crippen molar-refractivity contribution in [3.63, 3.8) is 0 Å². The zero-order valence-electron chi connectivity index (χ0n) is 10.0. The maximum Gasteiger partial charge on any atom is 0.172 e. The molecule has 0 saturated heterocycles. The number of hydrogen-bond donors (Lipinski definition) is 0. The van der Waals surface area contributed by atoms with E-state index in [1.54, 1.807) is 0 Å². The van der Waals surface area contributed by atoms with Crippen molar-refractivity contribution in [3.8, 4) is 0 Å². The Kier molecular flexibility index (Phi) is 2.94. The molecule has 0 saturated carbocycles. The molecule has 0 aliphatic carbocycles. The van der Waals surface area contributed by atoms with E-state index in [1.807, 2.05) is 18.2 Å². The largest absolute Gasteiger partial charge is 0.359 e. The number of carbonyl (C=O) groups excluding carboxylic acids is 1. The summed E-state index contributed by atoms with van der Waals surface area (Å²) in [7, 11) is 0. The molecule has 0 bridgehead atoms. The van der Waals surface area contributed by atoms with Crippen LogP contribution in [-0.2, 0) is 19.5 Å². The third-order valence-corrected chi connectivity index (χ3v) is 3.31. The molecular weight excluding hydrogens is 228 g/mol. The first kappa shape index (κ1) is 11.2. The van der Waals surface area contributed by atoms with E-state index < -0.39 is 0 Å². The van der Waals surface area contributed by atoms with Crippen LogP contribution in [-0.4, -0.2) is 22.9 Å². The Morgan fingerprint density at radius 1 is 1.33 bits per heavy atom. The Hall–Kier alpha value is -1.94. The predicted octanol–water partition coefficient (Wildman–Crippen LogP) is 2.05. The first-order valence-electron chi connectivity index (χ1n) is 6.05. The molecule has 18 heavy (non-hydrogen) atoms. The fourth-order valence-electron chi connectivity index (χ4n) is 2.37. The van der Waals surface area contributed by atoms with Gasteiger partial charge in [0, 0.05) is 18.7 Å². The van der Waals surface area contributed by atoms with Crippen LogP contribution in [0, 0.1) is 0 Å². The molecular formula is C14H14N2O2. The van der Waals surface area contributed by atoms with Crippen LogP contribution in [0.2, 0.25) is 0 Å². The Morgan fingerprint density at radius 3 is 2.94 bits per heavy atom. The number of fused-ring (bicyclic) bond motifs is 1. The van der Waals surface area contributed by atoms with Gasteiger partial charge in [-0.05, 0) is 12.0 Å². The first-order chi connectivity index (χ1) is 8.86. The molecule has 4 heteroatoms. The van der Waals surface area contributed by atoms with Gasteiger partial charge in [0.25, 0.3) is 0 Å². The van der Waals surface area contributed by atoms with Crippen molar-refractivity contribution >= 4 is 6.29 Å². The van der Waals surface area contributed by atoms with Crippen LogP contribution in [0.3, 0.4) is 0 Å². The van der Waals surface area contributed by atoms with Gasteiger partial charge in [0.2, 0.25) is 0 Å². The number of benzene rings is 1. The summed E-state index contributed by atoms with van der Waals surface area (Å²) in [4.78, 5) is 13.1. The standard InChI is InChI=1S/C14H14N2O2/c17-10-13-12-6-7-16(9-14(12)18-15-13)8-11-4-2-1-3-5-11/h1-5,10H,6-9H2. The molecule has 0 atom stereocenters. The number of aromatic nitrogens is 1. The second-order valence-electron chi connectivity index (χ2n) is 4.53. The van der Waals surface area contributed by atoms with Gasteiger partial charge in [0.15, 0.2) is 12.0 Å². The van der Waals surface area contributed by atoms with E-state index in [2.05, 4.69) is 22.2 Å². The molecule has 2 heterocycles. The molecule has 0 radical (unpaired) electrons. The zero-order chi connectivity index (χ0) is 12.4. The Bertz CT molecular complexity index is 548. The van der Waals surface area contributed by atoms with E-state index in [4.69, 9.17) is 4.52 Å². The topological polar surface area (TPSA) is 46.3 Å². The normalized spacial score (nSPS) is 15.3. The summed E-state index contributed by atoms with van der Waals surface area (Å²) >= 11 is 0. The van der Waals surface area contributed by atoms with Crippen LogP contribution < -0.4 is 0 Å². The van der Waals surface area contributed by atoms with Crippen LogP contribution in [0.5, 0.6) is 0 Å². The molecule has 0 spiro atoms. The average Bonchev–Trinajstić information content (AvgIpc) is 2.82. The maximum absolute atomic E-state index is 10.8. The zero-order valence-corrected chi connectivity index (χ0v) is 10.0. The number of carbonyl (C=O) groups is 1. The SMILES string of the molecule is O=Cc1noc2c1CCN(Cc1ccccc1)C2. The Balaban J connectivity index is 1.73. The van der Waals surface area contributed by atoms with Crippen LogP contribution in [0.1, 0.15) is 27.4 Å². The minimum Gasteiger partial charge on any atom is -0.359 e. The molecule has 92 valence electrons. The van der Waals surface area contributed by atoms with E-state index in [1.165, 1.54) is 5.56 Å². The molecule has 1 aromatic heterocycles. The van der Waals surface area contributed by atoms with Gasteiger partial charge in [-0.1, -0.05) is 35.5 Å².